The molecule has 0 spiro atoms. The molecule has 1 aliphatic rings. The predicted molar refractivity (Wildman–Crippen MR) is 106 cm³/mol. The van der Waals surface area contributed by atoms with Crippen molar-refractivity contribution >= 4 is 5.91 Å². The van der Waals surface area contributed by atoms with Gasteiger partial charge in [-0.05, 0) is 36.2 Å². The average molecular weight is 360 g/mol. The Hall–Kier alpha value is -2.92. The summed E-state index contributed by atoms with van der Waals surface area (Å²) < 4.78 is 0. The highest BCUT2D eigenvalue weighted by molar-refractivity contribution is 5.94. The van der Waals surface area contributed by atoms with Crippen LogP contribution in [-0.2, 0) is 6.54 Å². The third kappa shape index (κ3) is 4.09. The van der Waals surface area contributed by atoms with Crippen LogP contribution in [0, 0.1) is 6.92 Å². The maximum atomic E-state index is 12.8. The highest BCUT2D eigenvalue weighted by Gasteiger charge is 2.22. The maximum absolute atomic E-state index is 12.8. The van der Waals surface area contributed by atoms with Crippen molar-refractivity contribution in [1.29, 1.82) is 0 Å². The maximum Gasteiger partial charge on any atom is 0.253 e. The molecule has 4 rings (SSSR count). The Morgan fingerprint density at radius 2 is 1.81 bits per heavy atom. The minimum absolute atomic E-state index is 0.112. The van der Waals surface area contributed by atoms with Crippen LogP contribution < -0.4 is 0 Å². The Balaban J connectivity index is 1.34. The van der Waals surface area contributed by atoms with Crippen LogP contribution in [0.2, 0.25) is 0 Å². The summed E-state index contributed by atoms with van der Waals surface area (Å²) in [6.45, 7) is 6.43. The molecule has 0 unspecified atom stereocenters. The number of nitrogens with one attached hydrogen (secondary N) is 1. The van der Waals surface area contributed by atoms with Crippen LogP contribution in [-0.4, -0.2) is 52.1 Å². The Kier molecular flexibility index (Phi) is 5.03. The van der Waals surface area contributed by atoms with E-state index in [1.54, 1.807) is 6.20 Å². The molecule has 1 N–H and O–H groups in total. The Morgan fingerprint density at radius 1 is 1.04 bits per heavy atom. The molecule has 1 fully saturated rings. The number of aromatic amines is 1. The third-order valence-corrected chi connectivity index (χ3v) is 5.09. The lowest BCUT2D eigenvalue weighted by molar-refractivity contribution is 0.0628. The third-order valence-electron chi connectivity index (χ3n) is 5.09. The van der Waals surface area contributed by atoms with Gasteiger partial charge in [0.25, 0.3) is 5.91 Å². The Morgan fingerprint density at radius 3 is 2.48 bits per heavy atom. The van der Waals surface area contributed by atoms with Crippen LogP contribution in [0.4, 0.5) is 0 Å². The second-order valence-corrected chi connectivity index (χ2v) is 7.11. The van der Waals surface area contributed by atoms with Crippen molar-refractivity contribution in [2.75, 3.05) is 26.2 Å². The number of H-pyrrole nitrogens is 1. The number of nitrogens with zero attached hydrogens (tertiary/aromatic N) is 3. The van der Waals surface area contributed by atoms with E-state index >= 15 is 0 Å². The highest BCUT2D eigenvalue weighted by Crippen LogP contribution is 2.18. The summed E-state index contributed by atoms with van der Waals surface area (Å²) >= 11 is 0. The van der Waals surface area contributed by atoms with E-state index in [2.05, 4.69) is 46.3 Å². The number of hydrogen-bond acceptors (Lipinski definition) is 3. The molecular formula is C22H24N4O. The zero-order valence-electron chi connectivity index (χ0n) is 15.6. The number of aryl methyl sites for hydroxylation is 1. The zero-order chi connectivity index (χ0) is 18.6. The lowest BCUT2D eigenvalue weighted by Crippen LogP contribution is -2.48. The number of aromatic nitrogens is 2. The number of carbonyl (C=O) groups is 1. The largest absolute Gasteiger partial charge is 0.336 e. The van der Waals surface area contributed by atoms with Gasteiger partial charge in [-0.15, -0.1) is 0 Å². The summed E-state index contributed by atoms with van der Waals surface area (Å²) in [5.74, 6) is 0.112. The molecule has 5 heteroatoms. The summed E-state index contributed by atoms with van der Waals surface area (Å²) in [5.41, 5.74) is 5.36. The van der Waals surface area contributed by atoms with Crippen molar-refractivity contribution in [3.8, 4) is 11.3 Å². The van der Waals surface area contributed by atoms with Crippen LogP contribution in [0.25, 0.3) is 11.3 Å². The van der Waals surface area contributed by atoms with Gasteiger partial charge in [0.05, 0.1) is 5.69 Å². The number of carbonyl (C=O) groups excluding carboxylic acids is 1. The fourth-order valence-corrected chi connectivity index (χ4v) is 3.57. The SMILES string of the molecule is Cc1cccc(CN2CCN(C(=O)c3ccc(-c4ccn[nH]4)cc3)CC2)c1. The van der Waals surface area contributed by atoms with Crippen LogP contribution in [0.15, 0.2) is 60.8 Å². The van der Waals surface area contributed by atoms with Crippen molar-refractivity contribution < 1.29 is 4.79 Å². The van der Waals surface area contributed by atoms with Crippen molar-refractivity contribution in [3.63, 3.8) is 0 Å². The number of amides is 1. The molecule has 1 saturated heterocycles. The first kappa shape index (κ1) is 17.5. The molecule has 5 nitrogen and oxygen atoms in total. The second-order valence-electron chi connectivity index (χ2n) is 7.11. The molecule has 1 amide bonds. The molecule has 0 saturated carbocycles. The standard InChI is InChI=1S/C22H24N4O/c1-17-3-2-4-18(15-17)16-25-11-13-26(14-12-25)22(27)20-7-5-19(6-8-20)21-9-10-23-24-21/h2-10,15H,11-14,16H2,1H3,(H,23,24). The molecule has 138 valence electrons. The summed E-state index contributed by atoms with van der Waals surface area (Å²) in [6.07, 6.45) is 1.73. The van der Waals surface area contributed by atoms with E-state index in [-0.39, 0.29) is 5.91 Å². The minimum Gasteiger partial charge on any atom is -0.336 e. The molecule has 0 bridgehead atoms. The lowest BCUT2D eigenvalue weighted by Gasteiger charge is -2.34. The summed E-state index contributed by atoms with van der Waals surface area (Å²) in [6, 6.07) is 18.3. The number of benzene rings is 2. The molecule has 0 aliphatic carbocycles. The lowest BCUT2D eigenvalue weighted by atomic mass is 10.1. The first-order valence-electron chi connectivity index (χ1n) is 9.36. The first-order valence-corrected chi connectivity index (χ1v) is 9.36. The molecular weight excluding hydrogens is 336 g/mol. The Bertz CT molecular complexity index is 894. The van der Waals surface area contributed by atoms with Crippen LogP contribution >= 0.6 is 0 Å². The highest BCUT2D eigenvalue weighted by atomic mass is 16.2. The average Bonchev–Trinajstić information content (AvgIpc) is 3.23. The molecule has 0 atom stereocenters. The monoisotopic (exact) mass is 360 g/mol. The van der Waals surface area contributed by atoms with Crippen LogP contribution in [0.1, 0.15) is 21.5 Å². The van der Waals surface area contributed by atoms with Gasteiger partial charge in [0.1, 0.15) is 0 Å². The molecule has 1 aromatic heterocycles. The van der Waals surface area contributed by atoms with E-state index in [4.69, 9.17) is 0 Å². The van der Waals surface area contributed by atoms with Gasteiger partial charge < -0.3 is 4.90 Å². The number of piperazine rings is 1. The summed E-state index contributed by atoms with van der Waals surface area (Å²) in [4.78, 5) is 17.2. The van der Waals surface area contributed by atoms with Crippen molar-refractivity contribution in [3.05, 3.63) is 77.5 Å². The van der Waals surface area contributed by atoms with Crippen LogP contribution in [0.3, 0.4) is 0 Å². The Labute approximate surface area is 159 Å². The van der Waals surface area contributed by atoms with E-state index in [1.165, 1.54) is 11.1 Å². The van der Waals surface area contributed by atoms with E-state index in [0.29, 0.717) is 0 Å². The quantitative estimate of drug-likeness (QED) is 0.776. The molecule has 2 aromatic carbocycles. The van der Waals surface area contributed by atoms with E-state index in [1.807, 2.05) is 35.2 Å². The van der Waals surface area contributed by atoms with Gasteiger partial charge in [0.2, 0.25) is 0 Å². The van der Waals surface area contributed by atoms with Gasteiger partial charge in [-0.1, -0.05) is 42.0 Å². The van der Waals surface area contributed by atoms with Gasteiger partial charge in [-0.3, -0.25) is 14.8 Å². The van der Waals surface area contributed by atoms with Crippen molar-refractivity contribution in [1.82, 2.24) is 20.0 Å². The van der Waals surface area contributed by atoms with Crippen molar-refractivity contribution in [2.24, 2.45) is 0 Å². The zero-order valence-corrected chi connectivity index (χ0v) is 15.6. The fourth-order valence-electron chi connectivity index (χ4n) is 3.57. The van der Waals surface area contributed by atoms with Gasteiger partial charge in [-0.2, -0.15) is 5.10 Å². The van der Waals surface area contributed by atoms with Gasteiger partial charge in [0, 0.05) is 44.5 Å². The fraction of sp³-hybridized carbons (Fsp3) is 0.273. The topological polar surface area (TPSA) is 52.2 Å². The van der Waals surface area contributed by atoms with E-state index in [9.17, 15) is 4.79 Å². The molecule has 3 aromatic rings. The molecule has 0 radical (unpaired) electrons. The molecule has 2 heterocycles. The smallest absolute Gasteiger partial charge is 0.253 e. The second kappa shape index (κ2) is 7.76. The van der Waals surface area contributed by atoms with Gasteiger partial charge >= 0.3 is 0 Å². The molecule has 27 heavy (non-hydrogen) atoms. The minimum atomic E-state index is 0.112. The van der Waals surface area contributed by atoms with E-state index in [0.717, 1.165) is 49.5 Å². The molecule has 1 aliphatic heterocycles. The summed E-state index contributed by atoms with van der Waals surface area (Å²) in [5, 5.41) is 6.91. The predicted octanol–water partition coefficient (Wildman–Crippen LogP) is 3.34. The van der Waals surface area contributed by atoms with Crippen molar-refractivity contribution in [2.45, 2.75) is 13.5 Å². The first-order chi connectivity index (χ1) is 13.2. The summed E-state index contributed by atoms with van der Waals surface area (Å²) in [7, 11) is 0. The van der Waals surface area contributed by atoms with Gasteiger partial charge in [-0.25, -0.2) is 0 Å². The number of hydrogen-bond donors (Lipinski definition) is 1. The van der Waals surface area contributed by atoms with Crippen LogP contribution in [0.5, 0.6) is 0 Å². The normalized spacial score (nSPS) is 15.1. The number of rotatable bonds is 4. The van der Waals surface area contributed by atoms with E-state index < -0.39 is 0 Å². The van der Waals surface area contributed by atoms with Gasteiger partial charge in [0.15, 0.2) is 0 Å².